The molecule has 11 heteroatoms. The molecule has 0 fully saturated rings. The highest BCUT2D eigenvalue weighted by molar-refractivity contribution is 4.86. The minimum Gasteiger partial charge on any atom is -0.393 e. The number of aliphatic hydroxyl groups excluding tert-OH is 1. The van der Waals surface area contributed by atoms with Gasteiger partial charge in [0.25, 0.3) is 0 Å². The zero-order chi connectivity index (χ0) is 38.0. The first-order valence-electron chi connectivity index (χ1n) is 18.5. The van der Waals surface area contributed by atoms with Crippen LogP contribution in [0, 0.1) is 5.41 Å². The Balaban J connectivity index is 6.17. The van der Waals surface area contributed by atoms with Crippen LogP contribution in [0.15, 0.2) is 0 Å². The highest BCUT2D eigenvalue weighted by atomic mass is 16.6. The monoisotopic (exact) mass is 708 g/mol. The fourth-order valence-corrected chi connectivity index (χ4v) is 4.67. The lowest BCUT2D eigenvalue weighted by Gasteiger charge is -2.41. The molecular weight excluding hydrogens is 626 g/mol. The Hall–Kier alpha value is -0.440. The predicted molar refractivity (Wildman–Crippen MR) is 200 cm³/mol. The largest absolute Gasteiger partial charge is 0.393 e. The molecule has 49 heavy (non-hydrogen) atoms. The molecule has 0 bridgehead atoms. The molecular formula is C38H81N3O8. The van der Waals surface area contributed by atoms with Crippen LogP contribution in [-0.4, -0.2) is 117 Å². The Labute approximate surface area is 301 Å². The molecule has 0 aliphatic carbocycles. The van der Waals surface area contributed by atoms with Crippen LogP contribution in [0.5, 0.6) is 0 Å². The Morgan fingerprint density at radius 3 is 1.12 bits per heavy atom. The van der Waals surface area contributed by atoms with Crippen LogP contribution in [0.1, 0.15) is 129 Å². The smallest absolute Gasteiger partial charge is 0.0859 e. The van der Waals surface area contributed by atoms with Gasteiger partial charge < -0.3 is 55.5 Å². The molecule has 0 radical (unpaired) electrons. The lowest BCUT2D eigenvalue weighted by Crippen LogP contribution is -2.50. The Kier molecular flexibility index (Phi) is 21.7. The second-order valence-electron chi connectivity index (χ2n) is 17.8. The van der Waals surface area contributed by atoms with E-state index in [1.807, 2.05) is 48.5 Å². The van der Waals surface area contributed by atoms with Gasteiger partial charge in [0.2, 0.25) is 0 Å². The Morgan fingerprint density at radius 2 is 0.776 bits per heavy atom. The molecule has 11 nitrogen and oxygen atoms in total. The van der Waals surface area contributed by atoms with Gasteiger partial charge in [0, 0.05) is 0 Å². The topological polar surface area (TPSA) is 163 Å². The van der Waals surface area contributed by atoms with Crippen molar-refractivity contribution in [3.8, 4) is 0 Å². The highest BCUT2D eigenvalue weighted by Gasteiger charge is 2.40. The van der Waals surface area contributed by atoms with Crippen LogP contribution in [0.2, 0.25) is 0 Å². The third-order valence-electron chi connectivity index (χ3n) is 8.64. The molecule has 7 N–H and O–H groups in total. The van der Waals surface area contributed by atoms with Gasteiger partial charge in [-0.1, -0.05) is 0 Å². The summed E-state index contributed by atoms with van der Waals surface area (Å²) in [6.45, 7) is 30.3. The van der Waals surface area contributed by atoms with E-state index in [-0.39, 0.29) is 55.9 Å². The van der Waals surface area contributed by atoms with Crippen molar-refractivity contribution in [3.63, 3.8) is 0 Å². The van der Waals surface area contributed by atoms with Crippen LogP contribution < -0.4 is 17.2 Å². The molecule has 0 amide bonds. The molecule has 0 saturated carbocycles. The first-order valence-corrected chi connectivity index (χ1v) is 18.5. The van der Waals surface area contributed by atoms with Crippen LogP contribution >= 0.6 is 0 Å². The van der Waals surface area contributed by atoms with E-state index in [0.717, 1.165) is 38.5 Å². The van der Waals surface area contributed by atoms with E-state index in [9.17, 15) is 5.11 Å². The molecule has 0 heterocycles. The van der Waals surface area contributed by atoms with Crippen LogP contribution in [-0.2, 0) is 33.2 Å². The van der Waals surface area contributed by atoms with Gasteiger partial charge in [0.05, 0.1) is 98.0 Å². The molecule has 1 atom stereocenters. The zero-order valence-electron chi connectivity index (χ0n) is 34.1. The summed E-state index contributed by atoms with van der Waals surface area (Å²) >= 11 is 0. The summed E-state index contributed by atoms with van der Waals surface area (Å²) in [7, 11) is 0. The summed E-state index contributed by atoms with van der Waals surface area (Å²) in [6.07, 6.45) is 5.05. The van der Waals surface area contributed by atoms with Gasteiger partial charge in [-0.3, -0.25) is 0 Å². The van der Waals surface area contributed by atoms with Crippen molar-refractivity contribution in [1.82, 2.24) is 0 Å². The average molecular weight is 708 g/mol. The van der Waals surface area contributed by atoms with Crippen molar-refractivity contribution < 1.29 is 38.3 Å². The van der Waals surface area contributed by atoms with Gasteiger partial charge >= 0.3 is 0 Å². The molecule has 0 aromatic carbocycles. The molecule has 0 rings (SSSR count). The Bertz CT molecular complexity index is 824. The summed E-state index contributed by atoms with van der Waals surface area (Å²) in [4.78, 5) is 0. The number of nitrogens with two attached hydrogens (primary N) is 3. The maximum absolute atomic E-state index is 10.1. The summed E-state index contributed by atoms with van der Waals surface area (Å²) in [5.41, 5.74) is 13.5. The van der Waals surface area contributed by atoms with Crippen LogP contribution in [0.3, 0.4) is 0 Å². The van der Waals surface area contributed by atoms with Crippen molar-refractivity contribution in [2.45, 2.75) is 168 Å². The highest BCUT2D eigenvalue weighted by Crippen LogP contribution is 2.30. The third kappa shape index (κ3) is 23.7. The molecule has 0 aromatic heterocycles. The van der Waals surface area contributed by atoms with E-state index in [1.54, 1.807) is 0 Å². The van der Waals surface area contributed by atoms with Gasteiger partial charge in [-0.05, 0) is 148 Å². The fourth-order valence-electron chi connectivity index (χ4n) is 4.67. The third-order valence-corrected chi connectivity index (χ3v) is 8.64. The van der Waals surface area contributed by atoms with Crippen molar-refractivity contribution in [3.05, 3.63) is 0 Å². The first kappa shape index (κ1) is 48.6. The summed E-state index contributed by atoms with van der Waals surface area (Å²) < 4.78 is 45.1. The lowest BCUT2D eigenvalue weighted by molar-refractivity contribution is -0.207. The quantitative estimate of drug-likeness (QED) is 0.0734. The minimum absolute atomic E-state index is 0.137. The van der Waals surface area contributed by atoms with Crippen LogP contribution in [0.4, 0.5) is 0 Å². The summed E-state index contributed by atoms with van der Waals surface area (Å²) in [5.74, 6) is 0. The molecule has 0 spiro atoms. The lowest BCUT2D eigenvalue weighted by atomic mass is 9.90. The SMILES string of the molecule is CC(COC(C)(C)CCCN)OCC(COC(C)(C)CO)(COC(C)(C)COC(C)(C)CCCN)COC(C)(C)COC(C)(C)CCCN. The predicted octanol–water partition coefficient (Wildman–Crippen LogP) is 5.36. The normalized spacial score (nSPS) is 14.9. The summed E-state index contributed by atoms with van der Waals surface area (Å²) in [6, 6.07) is 0. The molecule has 296 valence electrons. The van der Waals surface area contributed by atoms with Crippen molar-refractivity contribution in [2.24, 2.45) is 22.6 Å². The maximum atomic E-state index is 10.1. The second-order valence-corrected chi connectivity index (χ2v) is 17.8. The van der Waals surface area contributed by atoms with Gasteiger partial charge in [-0.15, -0.1) is 0 Å². The van der Waals surface area contributed by atoms with E-state index in [0.29, 0.717) is 39.5 Å². The first-order chi connectivity index (χ1) is 22.4. The number of rotatable bonds is 31. The fraction of sp³-hybridized carbons (Fsp3) is 1.00. The standard InChI is InChI=1S/C38H81N3O8/c1-31(23-44-32(2,3)17-14-20-39)43-27-38(28-47-35(8,9)24-42,29-48-36(10,11)25-45-33(4,5)18-15-21-40)30-49-37(12,13)26-46-34(6,7)19-16-22-41/h31,42H,14-30,39-41H2,1-13H3. The van der Waals surface area contributed by atoms with E-state index < -0.39 is 22.2 Å². The second kappa shape index (κ2) is 21.9. The van der Waals surface area contributed by atoms with E-state index >= 15 is 0 Å². The van der Waals surface area contributed by atoms with E-state index in [4.69, 9.17) is 50.4 Å². The zero-order valence-corrected chi connectivity index (χ0v) is 34.1. The molecule has 0 saturated heterocycles. The minimum atomic E-state index is -0.774. The van der Waals surface area contributed by atoms with Gasteiger partial charge in [-0.25, -0.2) is 0 Å². The van der Waals surface area contributed by atoms with Gasteiger partial charge in [0.15, 0.2) is 0 Å². The maximum Gasteiger partial charge on any atom is 0.0859 e. The number of aliphatic hydroxyl groups is 1. The average Bonchev–Trinajstić information content (AvgIpc) is 3.02. The van der Waals surface area contributed by atoms with E-state index in [1.165, 1.54) is 0 Å². The number of hydrogen-bond donors (Lipinski definition) is 4. The van der Waals surface area contributed by atoms with Crippen molar-refractivity contribution in [1.29, 1.82) is 0 Å². The van der Waals surface area contributed by atoms with Crippen LogP contribution in [0.25, 0.3) is 0 Å². The van der Waals surface area contributed by atoms with Gasteiger partial charge in [0.1, 0.15) is 0 Å². The van der Waals surface area contributed by atoms with Crippen molar-refractivity contribution >= 4 is 0 Å². The van der Waals surface area contributed by atoms with Crippen molar-refractivity contribution in [2.75, 3.05) is 72.5 Å². The Morgan fingerprint density at radius 1 is 0.449 bits per heavy atom. The molecule has 0 aliphatic rings. The molecule has 0 aromatic rings. The van der Waals surface area contributed by atoms with E-state index in [2.05, 4.69) is 41.5 Å². The molecule has 0 aliphatic heterocycles. The number of hydrogen-bond acceptors (Lipinski definition) is 11. The van der Waals surface area contributed by atoms with Gasteiger partial charge in [-0.2, -0.15) is 0 Å². The summed E-state index contributed by atoms with van der Waals surface area (Å²) in [5, 5.41) is 10.1. The molecule has 1 unspecified atom stereocenters. The number of ether oxygens (including phenoxy) is 7.